The molecule has 4 aromatic rings. The van der Waals surface area contributed by atoms with Crippen LogP contribution in [0.2, 0.25) is 0 Å². The van der Waals surface area contributed by atoms with E-state index in [1.54, 1.807) is 4.40 Å². The van der Waals surface area contributed by atoms with Crippen molar-refractivity contribution in [1.29, 1.82) is 0 Å². The first kappa shape index (κ1) is 16.0. The van der Waals surface area contributed by atoms with Gasteiger partial charge < -0.3 is 0 Å². The maximum atomic E-state index is 12.9. The van der Waals surface area contributed by atoms with Crippen LogP contribution in [0.5, 0.6) is 0 Å². The third-order valence-corrected chi connectivity index (χ3v) is 5.72. The van der Waals surface area contributed by atoms with E-state index in [1.165, 1.54) is 28.0 Å². The molecule has 4 heteroatoms. The van der Waals surface area contributed by atoms with E-state index >= 15 is 0 Å². The van der Waals surface area contributed by atoms with Gasteiger partial charge in [-0.1, -0.05) is 49.4 Å². The Labute approximate surface area is 150 Å². The molecule has 0 spiro atoms. The highest BCUT2D eigenvalue weighted by Gasteiger charge is 2.12. The number of imidazole rings is 1. The third kappa shape index (κ3) is 2.67. The first-order valence-electron chi connectivity index (χ1n) is 8.48. The third-order valence-electron chi connectivity index (χ3n) is 4.76. The Hall–Kier alpha value is -2.46. The van der Waals surface area contributed by atoms with Gasteiger partial charge in [0, 0.05) is 0 Å². The summed E-state index contributed by atoms with van der Waals surface area (Å²) in [4.78, 5) is 18.3. The van der Waals surface area contributed by atoms with E-state index in [4.69, 9.17) is 0 Å². The van der Waals surface area contributed by atoms with Gasteiger partial charge in [0.05, 0.1) is 15.6 Å². The molecule has 0 aliphatic heterocycles. The molecule has 4 rings (SSSR count). The molecular formula is C21H20N2OS. The molecule has 0 amide bonds. The van der Waals surface area contributed by atoms with Crippen LogP contribution in [0.4, 0.5) is 0 Å². The number of hydrogen-bond donors (Lipinski definition) is 0. The largest absolute Gasteiger partial charge is 0.274 e. The Balaban J connectivity index is 1.89. The van der Waals surface area contributed by atoms with Crippen molar-refractivity contribution in [2.75, 3.05) is 0 Å². The SMILES string of the molecule is Cc1cc2nc3s/c(=C\c4ccc(C(C)C)cc4)c(=O)n3c2cc1C. The summed E-state index contributed by atoms with van der Waals surface area (Å²) in [5.41, 5.74) is 6.52. The van der Waals surface area contributed by atoms with Gasteiger partial charge in [-0.25, -0.2) is 9.38 Å². The van der Waals surface area contributed by atoms with Crippen LogP contribution in [0, 0.1) is 13.8 Å². The number of benzene rings is 2. The standard InChI is InChI=1S/C21H20N2OS/c1-12(2)16-7-5-15(6-8-16)11-19-20(24)23-18-10-14(4)13(3)9-17(18)22-21(23)25-19/h5-12H,1-4H3/b19-11-. The normalized spacial score (nSPS) is 12.8. The zero-order valence-electron chi connectivity index (χ0n) is 14.8. The van der Waals surface area contributed by atoms with Crippen LogP contribution in [0.3, 0.4) is 0 Å². The predicted octanol–water partition coefficient (Wildman–Crippen LogP) is 4.20. The summed E-state index contributed by atoms with van der Waals surface area (Å²) >= 11 is 1.45. The van der Waals surface area contributed by atoms with Crippen molar-refractivity contribution in [2.45, 2.75) is 33.6 Å². The minimum atomic E-state index is 0.0127. The lowest BCUT2D eigenvalue weighted by molar-refractivity contribution is 0.866. The van der Waals surface area contributed by atoms with E-state index < -0.39 is 0 Å². The van der Waals surface area contributed by atoms with Gasteiger partial charge in [-0.15, -0.1) is 0 Å². The zero-order valence-corrected chi connectivity index (χ0v) is 15.6. The average molecular weight is 348 g/mol. The number of fused-ring (bicyclic) bond motifs is 3. The maximum absolute atomic E-state index is 12.9. The topological polar surface area (TPSA) is 34.4 Å². The van der Waals surface area contributed by atoms with E-state index in [1.807, 2.05) is 6.08 Å². The number of aryl methyl sites for hydroxylation is 2. The zero-order chi connectivity index (χ0) is 17.7. The molecule has 2 aromatic carbocycles. The molecule has 0 aliphatic rings. The molecule has 0 radical (unpaired) electrons. The Morgan fingerprint density at radius 1 is 1.08 bits per heavy atom. The van der Waals surface area contributed by atoms with Crippen LogP contribution in [0.15, 0.2) is 41.2 Å². The van der Waals surface area contributed by atoms with Crippen LogP contribution in [-0.4, -0.2) is 9.38 Å². The minimum Gasteiger partial charge on any atom is -0.267 e. The van der Waals surface area contributed by atoms with Crippen molar-refractivity contribution in [1.82, 2.24) is 9.38 Å². The van der Waals surface area contributed by atoms with Gasteiger partial charge >= 0.3 is 0 Å². The Morgan fingerprint density at radius 3 is 2.44 bits per heavy atom. The highest BCUT2D eigenvalue weighted by molar-refractivity contribution is 7.15. The van der Waals surface area contributed by atoms with Crippen LogP contribution >= 0.6 is 11.3 Å². The lowest BCUT2D eigenvalue weighted by Crippen LogP contribution is -2.22. The molecule has 0 atom stereocenters. The second-order valence-electron chi connectivity index (χ2n) is 6.89. The molecule has 3 nitrogen and oxygen atoms in total. The fourth-order valence-corrected chi connectivity index (χ4v) is 4.03. The second kappa shape index (κ2) is 5.81. The number of aromatic nitrogens is 2. The lowest BCUT2D eigenvalue weighted by atomic mass is 10.0. The summed E-state index contributed by atoms with van der Waals surface area (Å²) in [6.07, 6.45) is 1.96. The summed E-state index contributed by atoms with van der Waals surface area (Å²) in [6, 6.07) is 12.5. The first-order chi connectivity index (χ1) is 11.9. The molecule has 0 N–H and O–H groups in total. The molecule has 126 valence electrons. The van der Waals surface area contributed by atoms with E-state index in [0.717, 1.165) is 26.1 Å². The van der Waals surface area contributed by atoms with Crippen molar-refractivity contribution in [2.24, 2.45) is 0 Å². The fourth-order valence-electron chi connectivity index (χ4n) is 3.05. The molecular weight excluding hydrogens is 328 g/mol. The van der Waals surface area contributed by atoms with E-state index in [9.17, 15) is 4.79 Å². The molecule has 2 aromatic heterocycles. The van der Waals surface area contributed by atoms with Crippen molar-refractivity contribution in [3.8, 4) is 0 Å². The average Bonchev–Trinajstić information content (AvgIpc) is 3.05. The van der Waals surface area contributed by atoms with Gasteiger partial charge in [-0.05, 0) is 60.2 Å². The monoisotopic (exact) mass is 348 g/mol. The Morgan fingerprint density at radius 2 is 1.76 bits per heavy atom. The van der Waals surface area contributed by atoms with Crippen LogP contribution in [-0.2, 0) is 0 Å². The molecule has 0 unspecified atom stereocenters. The van der Waals surface area contributed by atoms with Gasteiger partial charge in [-0.3, -0.25) is 4.79 Å². The summed E-state index contributed by atoms with van der Waals surface area (Å²) in [5, 5.41) is 0. The first-order valence-corrected chi connectivity index (χ1v) is 9.29. The van der Waals surface area contributed by atoms with E-state index in [-0.39, 0.29) is 5.56 Å². The van der Waals surface area contributed by atoms with Crippen molar-refractivity contribution in [3.05, 3.63) is 73.5 Å². The number of nitrogens with zero attached hydrogens (tertiary/aromatic N) is 2. The summed E-state index contributed by atoms with van der Waals surface area (Å²) in [5.74, 6) is 0.507. The molecule has 2 heterocycles. The molecule has 0 saturated heterocycles. The Bertz CT molecular complexity index is 1200. The Kier molecular flexibility index (Phi) is 3.73. The van der Waals surface area contributed by atoms with Crippen LogP contribution < -0.4 is 10.1 Å². The maximum Gasteiger partial charge on any atom is 0.274 e. The molecule has 0 aliphatic carbocycles. The molecule has 0 fully saturated rings. The van der Waals surface area contributed by atoms with Crippen LogP contribution in [0.1, 0.15) is 42.0 Å². The number of thiazole rings is 1. The molecule has 0 bridgehead atoms. The summed E-state index contributed by atoms with van der Waals surface area (Å²) < 4.78 is 2.46. The lowest BCUT2D eigenvalue weighted by Gasteiger charge is -2.04. The molecule has 0 saturated carbocycles. The van der Waals surface area contributed by atoms with Crippen LogP contribution in [0.25, 0.3) is 22.1 Å². The highest BCUT2D eigenvalue weighted by Crippen LogP contribution is 2.21. The van der Waals surface area contributed by atoms with Crippen molar-refractivity contribution >= 4 is 33.4 Å². The van der Waals surface area contributed by atoms with Gasteiger partial charge in [0.2, 0.25) is 0 Å². The quantitative estimate of drug-likeness (QED) is 0.544. The van der Waals surface area contributed by atoms with Gasteiger partial charge in [0.25, 0.3) is 5.56 Å². The van der Waals surface area contributed by atoms with Crippen molar-refractivity contribution < 1.29 is 0 Å². The predicted molar refractivity (Wildman–Crippen MR) is 106 cm³/mol. The van der Waals surface area contributed by atoms with Gasteiger partial charge in [0.1, 0.15) is 0 Å². The number of hydrogen-bond acceptors (Lipinski definition) is 3. The van der Waals surface area contributed by atoms with E-state index in [2.05, 4.69) is 69.1 Å². The second-order valence-corrected chi connectivity index (χ2v) is 7.90. The van der Waals surface area contributed by atoms with Gasteiger partial charge in [-0.2, -0.15) is 0 Å². The summed E-state index contributed by atoms with van der Waals surface area (Å²) in [7, 11) is 0. The molecule has 25 heavy (non-hydrogen) atoms. The fraction of sp³-hybridized carbons (Fsp3) is 0.238. The highest BCUT2D eigenvalue weighted by atomic mass is 32.1. The van der Waals surface area contributed by atoms with Gasteiger partial charge in [0.15, 0.2) is 4.96 Å². The minimum absolute atomic E-state index is 0.0127. The summed E-state index contributed by atoms with van der Waals surface area (Å²) in [6.45, 7) is 8.49. The number of rotatable bonds is 2. The van der Waals surface area contributed by atoms with Crippen molar-refractivity contribution in [3.63, 3.8) is 0 Å². The van der Waals surface area contributed by atoms with E-state index in [0.29, 0.717) is 5.92 Å². The smallest absolute Gasteiger partial charge is 0.267 e.